The Bertz CT molecular complexity index is 1390. The minimum absolute atomic E-state index is 0.0561. The summed E-state index contributed by atoms with van der Waals surface area (Å²) in [6.45, 7) is 9.18. The SMILES string of the molecule is COc1ccc(Cn2c(=O)ccn([C@@H]3O[C@H](COC(=O)CCCCNC(=O)OC(C)(C)C)[C@H]4OC(C)(C)O[C@H]43)c2=O)cc1. The summed E-state index contributed by atoms with van der Waals surface area (Å²) < 4.78 is 36.6. The van der Waals surface area contributed by atoms with Crippen LogP contribution in [0.15, 0.2) is 46.1 Å². The Morgan fingerprint density at radius 1 is 1.02 bits per heavy atom. The highest BCUT2D eigenvalue weighted by Crippen LogP contribution is 2.42. The van der Waals surface area contributed by atoms with Crippen LogP contribution in [0.1, 0.15) is 65.7 Å². The number of hydrogen-bond donors (Lipinski definition) is 1. The number of rotatable bonds is 11. The van der Waals surface area contributed by atoms with E-state index in [1.807, 2.05) is 0 Å². The number of carbonyl (C=O) groups is 2. The zero-order valence-corrected chi connectivity index (χ0v) is 25.5. The molecule has 2 saturated heterocycles. The Kier molecular flexibility index (Phi) is 9.98. The molecule has 3 heterocycles. The molecule has 4 rings (SSSR count). The molecule has 0 aliphatic carbocycles. The fourth-order valence-electron chi connectivity index (χ4n) is 4.95. The lowest BCUT2D eigenvalue weighted by atomic mass is 10.1. The lowest BCUT2D eigenvalue weighted by Crippen LogP contribution is -2.43. The molecule has 0 saturated carbocycles. The summed E-state index contributed by atoms with van der Waals surface area (Å²) in [4.78, 5) is 50.4. The largest absolute Gasteiger partial charge is 0.497 e. The molecule has 2 aromatic rings. The Hall–Kier alpha value is -3.68. The molecule has 2 fully saturated rings. The average Bonchev–Trinajstić information content (AvgIpc) is 3.42. The van der Waals surface area contributed by atoms with Crippen LogP contribution in [0.25, 0.3) is 0 Å². The van der Waals surface area contributed by atoms with Crippen LogP contribution in [0, 0.1) is 0 Å². The predicted octanol–water partition coefficient (Wildman–Crippen LogP) is 2.72. The molecule has 13 nitrogen and oxygen atoms in total. The average molecular weight is 604 g/mol. The second-order valence-corrected chi connectivity index (χ2v) is 12.0. The number of esters is 1. The Morgan fingerprint density at radius 3 is 2.40 bits per heavy atom. The van der Waals surface area contributed by atoms with Gasteiger partial charge in [-0.25, -0.2) is 9.59 Å². The van der Waals surface area contributed by atoms with E-state index >= 15 is 0 Å². The number of hydrogen-bond acceptors (Lipinski definition) is 10. The van der Waals surface area contributed by atoms with Gasteiger partial charge in [-0.05, 0) is 65.2 Å². The number of amides is 1. The molecule has 4 atom stereocenters. The van der Waals surface area contributed by atoms with Crippen molar-refractivity contribution in [1.29, 1.82) is 0 Å². The Morgan fingerprint density at radius 2 is 1.72 bits per heavy atom. The van der Waals surface area contributed by atoms with E-state index in [1.165, 1.54) is 16.8 Å². The van der Waals surface area contributed by atoms with Gasteiger partial charge in [-0.1, -0.05) is 12.1 Å². The van der Waals surface area contributed by atoms with E-state index in [9.17, 15) is 19.2 Å². The van der Waals surface area contributed by atoms with E-state index in [1.54, 1.807) is 66.0 Å². The summed E-state index contributed by atoms with van der Waals surface area (Å²) in [5, 5.41) is 2.66. The summed E-state index contributed by atoms with van der Waals surface area (Å²) in [6, 6.07) is 8.37. The van der Waals surface area contributed by atoms with Crippen molar-refractivity contribution >= 4 is 12.1 Å². The summed E-state index contributed by atoms with van der Waals surface area (Å²) >= 11 is 0. The first kappa shape index (κ1) is 32.2. The smallest absolute Gasteiger partial charge is 0.407 e. The normalized spacial score (nSPS) is 22.6. The number of nitrogens with one attached hydrogen (secondary N) is 1. The number of methoxy groups -OCH3 is 1. The highest BCUT2D eigenvalue weighted by atomic mass is 16.8. The number of fused-ring (bicyclic) bond motifs is 1. The minimum atomic E-state index is -0.956. The van der Waals surface area contributed by atoms with Crippen LogP contribution >= 0.6 is 0 Å². The molecule has 1 aromatic carbocycles. The lowest BCUT2D eigenvalue weighted by molar-refractivity contribution is -0.203. The van der Waals surface area contributed by atoms with Gasteiger partial charge < -0.3 is 33.7 Å². The summed E-state index contributed by atoms with van der Waals surface area (Å²) in [5.41, 5.74) is -0.862. The zero-order chi connectivity index (χ0) is 31.4. The molecule has 43 heavy (non-hydrogen) atoms. The maximum Gasteiger partial charge on any atom is 0.407 e. The maximum absolute atomic E-state index is 13.5. The number of unbranched alkanes of at least 4 members (excludes halogenated alkanes) is 1. The highest BCUT2D eigenvalue weighted by molar-refractivity contribution is 5.69. The predicted molar refractivity (Wildman–Crippen MR) is 154 cm³/mol. The molecule has 2 aliphatic rings. The van der Waals surface area contributed by atoms with Crippen molar-refractivity contribution in [2.75, 3.05) is 20.3 Å². The van der Waals surface area contributed by atoms with Crippen molar-refractivity contribution in [2.24, 2.45) is 0 Å². The zero-order valence-electron chi connectivity index (χ0n) is 25.5. The third kappa shape index (κ3) is 8.46. The van der Waals surface area contributed by atoms with Crippen molar-refractivity contribution in [3.05, 3.63) is 62.9 Å². The van der Waals surface area contributed by atoms with Gasteiger partial charge >= 0.3 is 17.8 Å². The van der Waals surface area contributed by atoms with Gasteiger partial charge in [0.05, 0.1) is 13.7 Å². The van der Waals surface area contributed by atoms with Crippen LogP contribution in [-0.2, 0) is 35.0 Å². The van der Waals surface area contributed by atoms with Gasteiger partial charge in [0, 0.05) is 25.2 Å². The van der Waals surface area contributed by atoms with Crippen LogP contribution < -0.4 is 21.3 Å². The molecule has 0 bridgehead atoms. The van der Waals surface area contributed by atoms with Gasteiger partial charge in [-0.3, -0.25) is 18.7 Å². The van der Waals surface area contributed by atoms with Gasteiger partial charge in [0.15, 0.2) is 12.0 Å². The van der Waals surface area contributed by atoms with Gasteiger partial charge in [-0.2, -0.15) is 0 Å². The first-order valence-corrected chi connectivity index (χ1v) is 14.3. The van der Waals surface area contributed by atoms with Gasteiger partial charge in [0.25, 0.3) is 5.56 Å². The van der Waals surface area contributed by atoms with Crippen LogP contribution in [0.5, 0.6) is 5.75 Å². The molecular formula is C30H41N3O10. The second kappa shape index (κ2) is 13.3. The van der Waals surface area contributed by atoms with Crippen molar-refractivity contribution in [2.45, 2.75) is 96.4 Å². The molecule has 1 aromatic heterocycles. The van der Waals surface area contributed by atoms with Gasteiger partial charge in [0.2, 0.25) is 0 Å². The number of carbonyl (C=O) groups excluding carboxylic acids is 2. The third-order valence-electron chi connectivity index (χ3n) is 6.88. The summed E-state index contributed by atoms with van der Waals surface area (Å²) in [6.07, 6.45) is -0.803. The van der Waals surface area contributed by atoms with Crippen LogP contribution in [0.4, 0.5) is 4.79 Å². The van der Waals surface area contributed by atoms with Gasteiger partial charge in [0.1, 0.15) is 36.3 Å². The molecule has 0 spiro atoms. The maximum atomic E-state index is 13.5. The van der Waals surface area contributed by atoms with E-state index in [4.69, 9.17) is 28.4 Å². The Balaban J connectivity index is 1.37. The molecule has 1 N–H and O–H groups in total. The first-order chi connectivity index (χ1) is 20.3. The van der Waals surface area contributed by atoms with Gasteiger partial charge in [-0.15, -0.1) is 0 Å². The van der Waals surface area contributed by atoms with E-state index in [0.717, 1.165) is 10.1 Å². The van der Waals surface area contributed by atoms with E-state index in [2.05, 4.69) is 5.32 Å². The number of ether oxygens (including phenoxy) is 6. The topological polar surface area (TPSA) is 146 Å². The number of nitrogens with zero attached hydrogens (tertiary/aromatic N) is 2. The van der Waals surface area contributed by atoms with Crippen molar-refractivity contribution in [3.63, 3.8) is 0 Å². The van der Waals surface area contributed by atoms with Crippen molar-refractivity contribution < 1.29 is 38.0 Å². The molecule has 13 heteroatoms. The summed E-state index contributed by atoms with van der Waals surface area (Å²) in [7, 11) is 1.56. The summed E-state index contributed by atoms with van der Waals surface area (Å²) in [5.74, 6) is -0.721. The molecule has 236 valence electrons. The second-order valence-electron chi connectivity index (χ2n) is 12.0. The standard InChI is InChI=1S/C30H41N3O10/c1-29(2,3)43-27(36)31-15-8-7-9-23(35)39-18-21-24-25(42-30(4,5)41-24)26(40-21)32-16-14-22(34)33(28(32)37)17-19-10-12-20(38-6)13-11-19/h10-14,16,21,24-26H,7-9,15,17-18H2,1-6H3,(H,31,36)/t21-,24-,25-,26-/m1/s1. The number of aromatic nitrogens is 2. The lowest BCUT2D eigenvalue weighted by Gasteiger charge is -2.25. The molecule has 2 aliphatic heterocycles. The Labute approximate surface area is 250 Å². The monoisotopic (exact) mass is 603 g/mol. The fraction of sp³-hybridized carbons (Fsp3) is 0.600. The third-order valence-corrected chi connectivity index (χ3v) is 6.88. The first-order valence-electron chi connectivity index (χ1n) is 14.3. The van der Waals surface area contributed by atoms with Crippen LogP contribution in [0.2, 0.25) is 0 Å². The van der Waals surface area contributed by atoms with Crippen molar-refractivity contribution in [1.82, 2.24) is 14.5 Å². The van der Waals surface area contributed by atoms with E-state index in [0.29, 0.717) is 25.1 Å². The van der Waals surface area contributed by atoms with Crippen LogP contribution in [0.3, 0.4) is 0 Å². The van der Waals surface area contributed by atoms with Crippen molar-refractivity contribution in [3.8, 4) is 5.75 Å². The van der Waals surface area contributed by atoms with Crippen LogP contribution in [-0.4, -0.2) is 71.2 Å². The van der Waals surface area contributed by atoms with E-state index < -0.39 is 59.2 Å². The molecule has 0 unspecified atom stereocenters. The molecular weight excluding hydrogens is 562 g/mol. The fourth-order valence-corrected chi connectivity index (χ4v) is 4.95. The molecule has 1 amide bonds. The number of alkyl carbamates (subject to hydrolysis) is 1. The quantitative estimate of drug-likeness (QED) is 0.301. The minimum Gasteiger partial charge on any atom is -0.497 e. The van der Waals surface area contributed by atoms with E-state index in [-0.39, 0.29) is 19.6 Å². The number of benzene rings is 1. The molecule has 0 radical (unpaired) electrons. The highest BCUT2D eigenvalue weighted by Gasteiger charge is 2.56.